The van der Waals surface area contributed by atoms with E-state index in [0.29, 0.717) is 0 Å². The molecule has 0 radical (unpaired) electrons. The Morgan fingerprint density at radius 1 is 1.50 bits per heavy atom. The number of carbonyl (C=O) groups excluding carboxylic acids is 1. The minimum Gasteiger partial charge on any atom is -0.330 e. The van der Waals surface area contributed by atoms with E-state index in [0.717, 1.165) is 4.73 Å². The number of aromatic nitrogens is 1. The molecule has 14 heavy (non-hydrogen) atoms. The van der Waals surface area contributed by atoms with Crippen LogP contribution in [0.5, 0.6) is 0 Å². The highest BCUT2D eigenvalue weighted by atomic mass is 19.1. The molecule has 0 amide bonds. The van der Waals surface area contributed by atoms with E-state index in [1.54, 1.807) is 0 Å². The Morgan fingerprint density at radius 2 is 2.21 bits per heavy atom. The normalized spacial score (nSPS) is 17.5. The summed E-state index contributed by atoms with van der Waals surface area (Å²) in [6.45, 7) is 0. The molecule has 2 rings (SSSR count). The molecule has 0 aromatic carbocycles. The van der Waals surface area contributed by atoms with Crippen LogP contribution >= 0.6 is 0 Å². The van der Waals surface area contributed by atoms with Crippen LogP contribution in [0.1, 0.15) is 12.8 Å². The van der Waals surface area contributed by atoms with Crippen molar-refractivity contribution in [2.75, 3.05) is 0 Å². The van der Waals surface area contributed by atoms with Crippen LogP contribution in [-0.2, 0) is 4.79 Å². The topological polar surface area (TPSA) is 48.3 Å². The van der Waals surface area contributed by atoms with Crippen molar-refractivity contribution in [2.45, 2.75) is 18.5 Å². The smallest absolute Gasteiger partial charge is 0.330 e. The minimum absolute atomic E-state index is 0.174. The Balaban J connectivity index is 2.15. The second-order valence-corrected chi connectivity index (χ2v) is 3.21. The lowest BCUT2D eigenvalue weighted by Crippen LogP contribution is -2.35. The van der Waals surface area contributed by atoms with Gasteiger partial charge in [-0.15, -0.1) is 4.73 Å². The first kappa shape index (κ1) is 8.93. The first-order valence-electron chi connectivity index (χ1n) is 4.21. The maximum Gasteiger partial charge on any atom is 0.369 e. The zero-order chi connectivity index (χ0) is 10.2. The Hall–Kier alpha value is -1.65. The van der Waals surface area contributed by atoms with Gasteiger partial charge in [-0.3, -0.25) is 4.79 Å². The Labute approximate surface area is 78.9 Å². The zero-order valence-corrected chi connectivity index (χ0v) is 7.27. The van der Waals surface area contributed by atoms with Crippen LogP contribution in [-0.4, -0.2) is 16.4 Å². The fourth-order valence-electron chi connectivity index (χ4n) is 0.973. The number of carbonyl (C=O) groups is 1. The van der Waals surface area contributed by atoms with E-state index < -0.39 is 17.2 Å². The van der Waals surface area contributed by atoms with Crippen LogP contribution in [0.2, 0.25) is 0 Å². The first-order chi connectivity index (χ1) is 6.62. The molecule has 0 spiro atoms. The highest BCUT2D eigenvalue weighted by molar-refractivity contribution is 5.82. The maximum atomic E-state index is 13.1. The average Bonchev–Trinajstić information content (AvgIpc) is 2.89. The fraction of sp³-hybridized carbons (Fsp3) is 0.333. The molecule has 0 saturated heterocycles. The number of nitrogens with zero attached hydrogens (tertiary/aromatic N) is 1. The van der Waals surface area contributed by atoms with Gasteiger partial charge in [0.05, 0.1) is 0 Å². The predicted molar refractivity (Wildman–Crippen MR) is 45.4 cm³/mol. The van der Waals surface area contributed by atoms with Gasteiger partial charge >= 0.3 is 5.97 Å². The summed E-state index contributed by atoms with van der Waals surface area (Å²) in [6, 6.07) is 4.26. The molecule has 1 aromatic heterocycles. The van der Waals surface area contributed by atoms with Gasteiger partial charge in [0.2, 0.25) is 5.67 Å². The van der Waals surface area contributed by atoms with Crippen molar-refractivity contribution in [3.8, 4) is 0 Å². The molecular formula is C9H8FNO3. The summed E-state index contributed by atoms with van der Waals surface area (Å²) in [6.07, 6.45) is 1.62. The van der Waals surface area contributed by atoms with Crippen LogP contribution < -0.4 is 10.4 Å². The van der Waals surface area contributed by atoms with Crippen molar-refractivity contribution < 1.29 is 14.0 Å². The third-order valence-electron chi connectivity index (χ3n) is 2.02. The number of rotatable bonds is 2. The van der Waals surface area contributed by atoms with E-state index in [4.69, 9.17) is 0 Å². The lowest BCUT2D eigenvalue weighted by Gasteiger charge is -2.06. The van der Waals surface area contributed by atoms with Crippen LogP contribution in [0, 0.1) is 0 Å². The molecule has 1 heterocycles. The van der Waals surface area contributed by atoms with E-state index in [1.165, 1.54) is 24.4 Å². The monoisotopic (exact) mass is 197 g/mol. The van der Waals surface area contributed by atoms with Crippen LogP contribution in [0.3, 0.4) is 0 Å². The Bertz CT molecular complexity index is 422. The second-order valence-electron chi connectivity index (χ2n) is 3.21. The SMILES string of the molecule is O=C(On1ccccc1=O)C1(F)CC1. The fourth-order valence-corrected chi connectivity index (χ4v) is 0.973. The van der Waals surface area contributed by atoms with Gasteiger partial charge in [-0.05, 0) is 18.9 Å². The standard InChI is InChI=1S/C9H8FNO3/c10-9(4-5-9)8(13)14-11-6-2-1-3-7(11)12/h1-3,6H,4-5H2. The summed E-state index contributed by atoms with van der Waals surface area (Å²) in [4.78, 5) is 26.7. The van der Waals surface area contributed by atoms with Crippen molar-refractivity contribution >= 4 is 5.97 Å². The number of halogens is 1. The van der Waals surface area contributed by atoms with Gasteiger partial charge < -0.3 is 4.84 Å². The average molecular weight is 197 g/mol. The van der Waals surface area contributed by atoms with Crippen molar-refractivity contribution in [3.63, 3.8) is 0 Å². The molecular weight excluding hydrogens is 189 g/mol. The highest BCUT2D eigenvalue weighted by Crippen LogP contribution is 2.40. The Kier molecular flexibility index (Phi) is 1.87. The van der Waals surface area contributed by atoms with E-state index in [1.807, 2.05) is 0 Å². The molecule has 0 atom stereocenters. The molecule has 4 nitrogen and oxygen atoms in total. The molecule has 0 unspecified atom stereocenters. The lowest BCUT2D eigenvalue weighted by atomic mass is 10.4. The van der Waals surface area contributed by atoms with Crippen molar-refractivity contribution in [1.29, 1.82) is 0 Å². The molecule has 0 N–H and O–H groups in total. The number of alkyl halides is 1. The third-order valence-corrected chi connectivity index (χ3v) is 2.02. The second kappa shape index (κ2) is 2.94. The van der Waals surface area contributed by atoms with Crippen LogP contribution in [0.15, 0.2) is 29.2 Å². The van der Waals surface area contributed by atoms with Crippen molar-refractivity contribution in [3.05, 3.63) is 34.7 Å². The number of hydrogen-bond acceptors (Lipinski definition) is 3. The van der Waals surface area contributed by atoms with E-state index in [-0.39, 0.29) is 12.8 Å². The largest absolute Gasteiger partial charge is 0.369 e. The van der Waals surface area contributed by atoms with Gasteiger partial charge in [0.1, 0.15) is 0 Å². The lowest BCUT2D eigenvalue weighted by molar-refractivity contribution is -0.152. The summed E-state index contributed by atoms with van der Waals surface area (Å²) in [5, 5.41) is 0. The highest BCUT2D eigenvalue weighted by Gasteiger charge is 2.53. The van der Waals surface area contributed by atoms with Crippen LogP contribution in [0.25, 0.3) is 0 Å². The molecule has 1 aromatic rings. The van der Waals surface area contributed by atoms with Gasteiger partial charge in [0.25, 0.3) is 5.56 Å². The quantitative estimate of drug-likeness (QED) is 0.685. The van der Waals surface area contributed by atoms with Crippen LogP contribution in [0.4, 0.5) is 4.39 Å². The summed E-state index contributed by atoms with van der Waals surface area (Å²) in [5.41, 5.74) is -2.36. The number of hydrogen-bond donors (Lipinski definition) is 0. The van der Waals surface area contributed by atoms with Gasteiger partial charge in [-0.25, -0.2) is 9.18 Å². The van der Waals surface area contributed by atoms with Crippen molar-refractivity contribution in [2.24, 2.45) is 0 Å². The molecule has 1 aliphatic carbocycles. The first-order valence-corrected chi connectivity index (χ1v) is 4.21. The van der Waals surface area contributed by atoms with Gasteiger partial charge in [0.15, 0.2) is 0 Å². The minimum atomic E-state index is -1.87. The summed E-state index contributed by atoms with van der Waals surface area (Å²) in [5.74, 6) is -0.995. The Morgan fingerprint density at radius 3 is 2.79 bits per heavy atom. The van der Waals surface area contributed by atoms with Gasteiger partial charge in [-0.1, -0.05) is 6.07 Å². The molecule has 74 valence electrons. The molecule has 1 aliphatic rings. The van der Waals surface area contributed by atoms with E-state index in [2.05, 4.69) is 4.84 Å². The molecule has 1 fully saturated rings. The third kappa shape index (κ3) is 1.53. The summed E-state index contributed by atoms with van der Waals surface area (Å²) < 4.78 is 13.8. The van der Waals surface area contributed by atoms with Crippen molar-refractivity contribution in [1.82, 2.24) is 4.73 Å². The molecule has 1 saturated carbocycles. The van der Waals surface area contributed by atoms with Gasteiger partial charge in [-0.2, -0.15) is 0 Å². The van der Waals surface area contributed by atoms with E-state index in [9.17, 15) is 14.0 Å². The number of pyridine rings is 1. The predicted octanol–water partition coefficient (Wildman–Crippen LogP) is 0.306. The van der Waals surface area contributed by atoms with Gasteiger partial charge in [0, 0.05) is 12.3 Å². The summed E-state index contributed by atoms with van der Waals surface area (Å²) >= 11 is 0. The maximum absolute atomic E-state index is 13.1. The molecule has 0 bridgehead atoms. The zero-order valence-electron chi connectivity index (χ0n) is 7.27. The molecule has 5 heteroatoms. The molecule has 0 aliphatic heterocycles. The summed E-state index contributed by atoms with van der Waals surface area (Å²) in [7, 11) is 0. The van der Waals surface area contributed by atoms with E-state index >= 15 is 0 Å².